The summed E-state index contributed by atoms with van der Waals surface area (Å²) in [4.78, 5) is 15.5. The number of anilines is 1. The maximum atomic E-state index is 4.81. The second-order valence-electron chi connectivity index (χ2n) is 6.86. The lowest BCUT2D eigenvalue weighted by Crippen LogP contribution is -3.11. The quantitative estimate of drug-likeness (QED) is 0.358. The van der Waals surface area contributed by atoms with E-state index >= 15 is 0 Å². The molecule has 5 nitrogen and oxygen atoms in total. The zero-order valence-corrected chi connectivity index (χ0v) is 17.5. The van der Waals surface area contributed by atoms with Crippen molar-refractivity contribution in [1.82, 2.24) is 9.97 Å². The molecule has 0 amide bonds. The molecule has 1 unspecified atom stereocenters. The average Bonchev–Trinajstić information content (AvgIpc) is 2.98. The highest BCUT2D eigenvalue weighted by atomic mass is 32.2. The summed E-state index contributed by atoms with van der Waals surface area (Å²) < 4.78 is 0. The first-order valence-corrected chi connectivity index (χ1v) is 11.4. The fourth-order valence-electron chi connectivity index (χ4n) is 3.56. The van der Waals surface area contributed by atoms with Crippen molar-refractivity contribution in [3.05, 3.63) is 10.4 Å². The van der Waals surface area contributed by atoms with Crippen LogP contribution in [-0.2, 0) is 13.0 Å². The average molecular weight is 382 g/mol. The maximum Gasteiger partial charge on any atom is 0.190 e. The summed E-state index contributed by atoms with van der Waals surface area (Å²) in [6, 6.07) is 0. The van der Waals surface area contributed by atoms with Gasteiger partial charge in [0.05, 0.1) is 43.5 Å². The Morgan fingerprint density at radius 3 is 2.80 bits per heavy atom. The van der Waals surface area contributed by atoms with Crippen molar-refractivity contribution in [2.45, 2.75) is 38.4 Å². The van der Waals surface area contributed by atoms with Gasteiger partial charge in [0.2, 0.25) is 0 Å². The van der Waals surface area contributed by atoms with Gasteiger partial charge in [-0.1, -0.05) is 11.8 Å². The van der Waals surface area contributed by atoms with E-state index in [9.17, 15) is 0 Å². The first-order valence-electron chi connectivity index (χ1n) is 9.41. The van der Waals surface area contributed by atoms with Crippen LogP contribution in [0.1, 0.15) is 30.7 Å². The predicted molar refractivity (Wildman–Crippen MR) is 108 cm³/mol. The summed E-state index contributed by atoms with van der Waals surface area (Å²) in [6.45, 7) is 11.5. The number of nitrogens with zero attached hydrogens (tertiary/aromatic N) is 2. The highest BCUT2D eigenvalue weighted by Crippen LogP contribution is 2.36. The van der Waals surface area contributed by atoms with Crippen molar-refractivity contribution < 1.29 is 9.80 Å². The number of likely N-dealkylation sites (N-methyl/N-ethyl adjacent to an activating group) is 1. The largest absolute Gasteiger partial charge is 0.369 e. The highest BCUT2D eigenvalue weighted by Gasteiger charge is 2.25. The Morgan fingerprint density at radius 1 is 1.28 bits per heavy atom. The van der Waals surface area contributed by atoms with Crippen LogP contribution in [0, 0.1) is 0 Å². The number of nitrogens with one attached hydrogen (secondary N) is 3. The highest BCUT2D eigenvalue weighted by molar-refractivity contribution is 7.98. The van der Waals surface area contributed by atoms with Gasteiger partial charge >= 0.3 is 0 Å². The number of hydrogen-bond acceptors (Lipinski definition) is 5. The summed E-state index contributed by atoms with van der Waals surface area (Å²) >= 11 is 3.50. The van der Waals surface area contributed by atoms with Crippen LogP contribution in [0.4, 0.5) is 5.82 Å². The second-order valence-corrected chi connectivity index (χ2v) is 8.72. The zero-order valence-electron chi connectivity index (χ0n) is 15.9. The summed E-state index contributed by atoms with van der Waals surface area (Å²) in [7, 11) is 2.28. The molecule has 0 bridgehead atoms. The minimum Gasteiger partial charge on any atom is -0.369 e. The van der Waals surface area contributed by atoms with E-state index in [1.165, 1.54) is 48.4 Å². The first-order chi connectivity index (χ1) is 12.2. The van der Waals surface area contributed by atoms with E-state index in [0.717, 1.165) is 35.3 Å². The Balaban J connectivity index is 1.81. The maximum absolute atomic E-state index is 4.81. The van der Waals surface area contributed by atoms with Crippen molar-refractivity contribution in [2.75, 3.05) is 51.3 Å². The second kappa shape index (κ2) is 8.66. The molecule has 3 rings (SSSR count). The Kier molecular flexibility index (Phi) is 6.55. The lowest BCUT2D eigenvalue weighted by molar-refractivity contribution is -0.896. The van der Waals surface area contributed by atoms with Gasteiger partial charge < -0.3 is 15.1 Å². The molecule has 1 aliphatic heterocycles. The standard InChI is InChI=1S/C18H29N5S2/c1-5-23(6-2)10-7-9-19-16-15-13-8-11-22(3)12-14(13)25-17(15)21-18(20-16)24-4/h5-12H2,1-4H3,(H,19,20,21)/p+2. The van der Waals surface area contributed by atoms with E-state index in [0.29, 0.717) is 0 Å². The van der Waals surface area contributed by atoms with Crippen molar-refractivity contribution in [2.24, 2.45) is 0 Å². The fourth-order valence-corrected chi connectivity index (χ4v) is 5.32. The van der Waals surface area contributed by atoms with Crippen molar-refractivity contribution in [3.63, 3.8) is 0 Å². The fraction of sp³-hybridized carbons (Fsp3) is 0.667. The van der Waals surface area contributed by atoms with Gasteiger partial charge in [-0.25, -0.2) is 9.97 Å². The van der Waals surface area contributed by atoms with Gasteiger partial charge in [0.25, 0.3) is 0 Å². The summed E-state index contributed by atoms with van der Waals surface area (Å²) in [5, 5.41) is 5.81. The monoisotopic (exact) mass is 381 g/mol. The van der Waals surface area contributed by atoms with Gasteiger partial charge in [-0.3, -0.25) is 0 Å². The summed E-state index contributed by atoms with van der Waals surface area (Å²) in [6.07, 6.45) is 4.37. The lowest BCUT2D eigenvalue weighted by atomic mass is 10.1. The molecule has 25 heavy (non-hydrogen) atoms. The molecule has 1 atom stereocenters. The van der Waals surface area contributed by atoms with Crippen LogP contribution in [0.25, 0.3) is 10.2 Å². The zero-order chi connectivity index (χ0) is 17.8. The van der Waals surface area contributed by atoms with E-state index in [1.54, 1.807) is 21.6 Å². The molecule has 3 heterocycles. The van der Waals surface area contributed by atoms with Crippen LogP contribution in [0.2, 0.25) is 0 Å². The van der Waals surface area contributed by atoms with Crippen LogP contribution < -0.4 is 15.1 Å². The summed E-state index contributed by atoms with van der Waals surface area (Å²) in [5.41, 5.74) is 1.50. The van der Waals surface area contributed by atoms with Gasteiger partial charge in [-0.2, -0.15) is 0 Å². The minimum atomic E-state index is 0.878. The molecule has 0 saturated heterocycles. The van der Waals surface area contributed by atoms with E-state index < -0.39 is 0 Å². The molecule has 0 radical (unpaired) electrons. The third kappa shape index (κ3) is 4.27. The Bertz CT molecular complexity index is 711. The van der Waals surface area contributed by atoms with Gasteiger partial charge in [-0.15, -0.1) is 11.3 Å². The number of rotatable bonds is 8. The Labute approximate surface area is 159 Å². The molecule has 1 aliphatic rings. The molecule has 138 valence electrons. The van der Waals surface area contributed by atoms with Crippen LogP contribution in [0.5, 0.6) is 0 Å². The molecule has 2 aromatic rings. The predicted octanol–water partition coefficient (Wildman–Crippen LogP) is 0.711. The van der Waals surface area contributed by atoms with E-state index in [-0.39, 0.29) is 0 Å². The van der Waals surface area contributed by atoms with Crippen LogP contribution in [0.15, 0.2) is 5.16 Å². The van der Waals surface area contributed by atoms with Crippen LogP contribution in [-0.4, -0.2) is 56.0 Å². The normalized spacial score (nSPS) is 17.2. The molecule has 0 aromatic carbocycles. The molecule has 0 spiro atoms. The van der Waals surface area contributed by atoms with Crippen molar-refractivity contribution in [1.29, 1.82) is 0 Å². The first kappa shape index (κ1) is 18.9. The molecule has 0 aliphatic carbocycles. The van der Waals surface area contributed by atoms with Crippen LogP contribution in [0.3, 0.4) is 0 Å². The number of aromatic nitrogens is 2. The minimum absolute atomic E-state index is 0.878. The molecule has 7 heteroatoms. The third-order valence-corrected chi connectivity index (χ3v) is 6.83. The molecule has 0 fully saturated rings. The molecule has 2 aromatic heterocycles. The number of fused-ring (bicyclic) bond motifs is 3. The van der Waals surface area contributed by atoms with Gasteiger partial charge in [-0.05, 0) is 25.7 Å². The number of quaternary nitrogens is 2. The SMILES string of the molecule is CC[NH+](CC)CCCNc1nc(SC)nc2sc3c(c12)CC[NH+](C)C3. The molecule has 0 saturated carbocycles. The molecular weight excluding hydrogens is 350 g/mol. The summed E-state index contributed by atoms with van der Waals surface area (Å²) in [5.74, 6) is 1.06. The number of thiophene rings is 1. The van der Waals surface area contributed by atoms with Crippen LogP contribution >= 0.6 is 23.1 Å². The van der Waals surface area contributed by atoms with E-state index in [2.05, 4.69) is 32.5 Å². The number of hydrogen-bond donors (Lipinski definition) is 3. The third-order valence-electron chi connectivity index (χ3n) is 5.16. The number of thioether (sulfide) groups is 1. The smallest absolute Gasteiger partial charge is 0.190 e. The topological polar surface area (TPSA) is 46.7 Å². The van der Waals surface area contributed by atoms with Gasteiger partial charge in [0.15, 0.2) is 5.16 Å². The van der Waals surface area contributed by atoms with E-state index in [1.807, 2.05) is 11.3 Å². The van der Waals surface area contributed by atoms with Crippen molar-refractivity contribution in [3.8, 4) is 0 Å². The van der Waals surface area contributed by atoms with Gasteiger partial charge in [0.1, 0.15) is 17.2 Å². The Hall–Kier alpha value is -0.890. The van der Waals surface area contributed by atoms with E-state index in [4.69, 9.17) is 9.97 Å². The lowest BCUT2D eigenvalue weighted by Gasteiger charge is -2.19. The molecular formula is C18H31N5S2+2. The molecule has 3 N–H and O–H groups in total. The van der Waals surface area contributed by atoms with Crippen molar-refractivity contribution >= 4 is 39.1 Å². The Morgan fingerprint density at radius 2 is 2.08 bits per heavy atom. The van der Waals surface area contributed by atoms with Gasteiger partial charge in [0, 0.05) is 19.4 Å².